The number of thiazole rings is 2. The predicted octanol–water partition coefficient (Wildman–Crippen LogP) is -3.54. The monoisotopic (exact) mass is 672 g/mol. The van der Waals surface area contributed by atoms with Gasteiger partial charge in [0, 0.05) is 63.0 Å². The number of nitrogens with zero attached hydrogens (tertiary/aromatic N) is 4. The molecular weight excluding hydrogens is 640 g/mol. The SMILES string of the molecule is Cc1sc[n+](CC(=O)N2CCSCC2)c1C.Cc1sc[n+](CC(=O)N2CCSCC2)c1C.[Br-].[Br-]. The van der Waals surface area contributed by atoms with E-state index in [0.29, 0.717) is 13.1 Å². The van der Waals surface area contributed by atoms with Crippen molar-refractivity contribution in [1.29, 1.82) is 0 Å². The number of hydrogen-bond acceptors (Lipinski definition) is 6. The van der Waals surface area contributed by atoms with Crippen LogP contribution in [-0.4, -0.2) is 70.8 Å². The first-order valence-corrected chi connectivity index (χ1v) is 15.0. The normalized spacial score (nSPS) is 15.5. The second-order valence-corrected chi connectivity index (χ2v) is 12.5. The van der Waals surface area contributed by atoms with Crippen LogP contribution in [-0.2, 0) is 22.7 Å². The Morgan fingerprint density at radius 2 is 1.03 bits per heavy atom. The number of aromatic nitrogens is 2. The van der Waals surface area contributed by atoms with Crippen molar-refractivity contribution in [3.8, 4) is 0 Å². The first kappa shape index (κ1) is 31.9. The van der Waals surface area contributed by atoms with E-state index in [2.05, 4.69) is 36.8 Å². The Labute approximate surface area is 241 Å². The Hall–Kier alpha value is -0.140. The molecule has 0 atom stereocenters. The van der Waals surface area contributed by atoms with Crippen LogP contribution < -0.4 is 43.1 Å². The third-order valence-corrected chi connectivity index (χ3v) is 9.84. The van der Waals surface area contributed by atoms with Crippen LogP contribution in [0.15, 0.2) is 11.0 Å². The van der Waals surface area contributed by atoms with Gasteiger partial charge in [0.15, 0.2) is 11.4 Å². The molecule has 2 aliphatic heterocycles. The van der Waals surface area contributed by atoms with E-state index in [1.54, 1.807) is 22.7 Å². The lowest BCUT2D eigenvalue weighted by Crippen LogP contribution is -3.00. The van der Waals surface area contributed by atoms with Crippen LogP contribution in [0.1, 0.15) is 21.1 Å². The van der Waals surface area contributed by atoms with Crippen molar-refractivity contribution in [1.82, 2.24) is 9.80 Å². The zero-order valence-electron chi connectivity index (χ0n) is 20.2. The molecule has 2 saturated heterocycles. The van der Waals surface area contributed by atoms with Gasteiger partial charge in [0.25, 0.3) is 11.8 Å². The summed E-state index contributed by atoms with van der Waals surface area (Å²) in [6, 6.07) is 0. The Balaban J connectivity index is 0.000000321. The molecule has 0 aromatic carbocycles. The third kappa shape index (κ3) is 9.06. The Morgan fingerprint density at radius 1 is 0.706 bits per heavy atom. The average Bonchev–Trinajstić information content (AvgIpc) is 3.31. The number of halogens is 2. The van der Waals surface area contributed by atoms with E-state index in [1.807, 2.05) is 44.3 Å². The van der Waals surface area contributed by atoms with E-state index >= 15 is 0 Å². The summed E-state index contributed by atoms with van der Waals surface area (Å²) in [5.74, 6) is 4.84. The average molecular weight is 675 g/mol. The molecule has 6 nitrogen and oxygen atoms in total. The van der Waals surface area contributed by atoms with Gasteiger partial charge in [0.2, 0.25) is 24.1 Å². The predicted molar refractivity (Wildman–Crippen MR) is 136 cm³/mol. The summed E-state index contributed by atoms with van der Waals surface area (Å²) >= 11 is 7.28. The molecule has 0 N–H and O–H groups in total. The molecule has 34 heavy (non-hydrogen) atoms. The maximum Gasteiger partial charge on any atom is 0.288 e. The molecule has 12 heteroatoms. The molecule has 2 amide bonds. The molecule has 2 aromatic heterocycles. The van der Waals surface area contributed by atoms with Crippen LogP contribution in [0.5, 0.6) is 0 Å². The quantitative estimate of drug-likeness (QED) is 0.316. The lowest BCUT2D eigenvalue weighted by molar-refractivity contribution is -0.686. The molecule has 2 aliphatic rings. The van der Waals surface area contributed by atoms with Gasteiger partial charge >= 0.3 is 0 Å². The van der Waals surface area contributed by atoms with Crippen LogP contribution in [0.4, 0.5) is 0 Å². The summed E-state index contributed by atoms with van der Waals surface area (Å²) in [7, 11) is 0. The fourth-order valence-corrected chi connectivity index (χ4v) is 6.86. The number of carbonyl (C=O) groups excluding carboxylic acids is 2. The molecule has 192 valence electrons. The molecule has 2 aromatic rings. The van der Waals surface area contributed by atoms with Crippen LogP contribution >= 0.6 is 46.2 Å². The van der Waals surface area contributed by atoms with Gasteiger partial charge < -0.3 is 43.8 Å². The number of aryl methyl sites for hydroxylation is 2. The molecule has 0 unspecified atom stereocenters. The van der Waals surface area contributed by atoms with Crippen molar-refractivity contribution >= 4 is 58.0 Å². The maximum atomic E-state index is 12.0. The molecule has 0 radical (unpaired) electrons. The smallest absolute Gasteiger partial charge is 0.288 e. The van der Waals surface area contributed by atoms with Crippen LogP contribution in [0.3, 0.4) is 0 Å². The van der Waals surface area contributed by atoms with Gasteiger partial charge in [0.05, 0.1) is 9.75 Å². The van der Waals surface area contributed by atoms with Crippen molar-refractivity contribution < 1.29 is 52.7 Å². The fourth-order valence-electron chi connectivity index (χ4n) is 3.45. The highest BCUT2D eigenvalue weighted by molar-refractivity contribution is 7.99. The third-order valence-electron chi connectivity index (χ3n) is 5.93. The maximum absolute atomic E-state index is 12.0. The zero-order chi connectivity index (χ0) is 23.1. The largest absolute Gasteiger partial charge is 1.00 e. The van der Waals surface area contributed by atoms with E-state index in [-0.39, 0.29) is 45.8 Å². The summed E-state index contributed by atoms with van der Waals surface area (Å²) < 4.78 is 4.12. The summed E-state index contributed by atoms with van der Waals surface area (Å²) in [5, 5.41) is 0. The minimum absolute atomic E-state index is 0. The van der Waals surface area contributed by atoms with Gasteiger partial charge in [-0.15, -0.1) is 0 Å². The second kappa shape index (κ2) is 15.9. The highest BCUT2D eigenvalue weighted by Gasteiger charge is 2.23. The minimum Gasteiger partial charge on any atom is -1.00 e. The van der Waals surface area contributed by atoms with Crippen LogP contribution in [0, 0.1) is 27.7 Å². The van der Waals surface area contributed by atoms with Crippen molar-refractivity contribution in [3.63, 3.8) is 0 Å². The molecule has 2 fully saturated rings. The van der Waals surface area contributed by atoms with Gasteiger partial charge in [-0.05, 0) is 13.8 Å². The summed E-state index contributed by atoms with van der Waals surface area (Å²) in [5.41, 5.74) is 6.51. The topological polar surface area (TPSA) is 48.4 Å². The van der Waals surface area contributed by atoms with Gasteiger partial charge in [-0.1, -0.05) is 22.7 Å². The summed E-state index contributed by atoms with van der Waals surface area (Å²) in [6.45, 7) is 13.0. The summed E-state index contributed by atoms with van der Waals surface area (Å²) in [6.07, 6.45) is 0. The minimum atomic E-state index is 0. The highest BCUT2D eigenvalue weighted by Crippen LogP contribution is 2.12. The van der Waals surface area contributed by atoms with Gasteiger partial charge in [-0.2, -0.15) is 32.7 Å². The summed E-state index contributed by atoms with van der Waals surface area (Å²) in [4.78, 5) is 30.6. The molecular formula is C22H34Br2N4O2S4. The van der Waals surface area contributed by atoms with Gasteiger partial charge in [-0.25, -0.2) is 0 Å². The number of carbonyl (C=O) groups is 2. The highest BCUT2D eigenvalue weighted by atomic mass is 79.9. The number of rotatable bonds is 4. The Bertz CT molecular complexity index is 852. The zero-order valence-corrected chi connectivity index (χ0v) is 26.7. The van der Waals surface area contributed by atoms with Crippen LogP contribution in [0.2, 0.25) is 0 Å². The lowest BCUT2D eigenvalue weighted by atomic mass is 10.4. The standard InChI is InChI=1S/2C11H17N2OS2.2BrH/c2*1-9-10(2)16-8-13(9)7-11(14)12-3-5-15-6-4-12;;/h2*8H,3-7H2,1-2H3;2*1H/q2*+1;;/p-2. The number of hydrogen-bond donors (Lipinski definition) is 0. The van der Waals surface area contributed by atoms with E-state index in [9.17, 15) is 9.59 Å². The van der Waals surface area contributed by atoms with Crippen molar-refractivity contribution in [2.75, 3.05) is 49.2 Å². The molecule has 0 aliphatic carbocycles. The van der Waals surface area contributed by atoms with Crippen molar-refractivity contribution in [2.24, 2.45) is 0 Å². The fraction of sp³-hybridized carbons (Fsp3) is 0.636. The van der Waals surface area contributed by atoms with Crippen molar-refractivity contribution in [2.45, 2.75) is 40.8 Å². The number of amides is 2. The molecule has 4 heterocycles. The first-order valence-electron chi connectivity index (χ1n) is 11.0. The number of thioether (sulfide) groups is 2. The van der Waals surface area contributed by atoms with Crippen molar-refractivity contribution in [3.05, 3.63) is 32.2 Å². The second-order valence-electron chi connectivity index (χ2n) is 7.97. The van der Waals surface area contributed by atoms with E-state index in [0.717, 1.165) is 49.2 Å². The lowest BCUT2D eigenvalue weighted by Gasteiger charge is -2.25. The van der Waals surface area contributed by atoms with Crippen LogP contribution in [0.25, 0.3) is 0 Å². The van der Waals surface area contributed by atoms with E-state index in [4.69, 9.17) is 0 Å². The van der Waals surface area contributed by atoms with E-state index in [1.165, 1.54) is 21.1 Å². The van der Waals surface area contributed by atoms with E-state index < -0.39 is 0 Å². The Morgan fingerprint density at radius 3 is 1.29 bits per heavy atom. The van der Waals surface area contributed by atoms with Gasteiger partial charge in [0.1, 0.15) is 0 Å². The first-order chi connectivity index (χ1) is 15.4. The molecule has 0 saturated carbocycles. The Kier molecular flexibility index (Phi) is 14.9. The molecule has 0 spiro atoms. The molecule has 4 rings (SSSR count). The van der Waals surface area contributed by atoms with Gasteiger partial charge in [-0.3, -0.25) is 9.59 Å². The molecule has 0 bridgehead atoms.